The third-order valence-corrected chi connectivity index (χ3v) is 6.02. The second kappa shape index (κ2) is 11.5. The highest BCUT2D eigenvalue weighted by Gasteiger charge is 2.48. The van der Waals surface area contributed by atoms with Gasteiger partial charge in [0.05, 0.1) is 11.6 Å². The average molecular weight is 499 g/mol. The standard InChI is InChI=1S/C24H22N2O8S/c1-13(27)31-19-12-35-24(23(33-15(3)29)22(19)32-14(2)28)34-18-5-4-10-26-20(18)21(30)17-8-6-16(11-25)7-9-17/h4-10,19,22-24H,12H2,1-3H3/t19-,22+,23-,24?/m1/s1. The molecule has 2 heterocycles. The molecule has 11 heteroatoms. The number of carbonyl (C=O) groups excluding carboxylic acids is 4. The van der Waals surface area contributed by atoms with Gasteiger partial charge in [0.1, 0.15) is 0 Å². The Balaban J connectivity index is 1.92. The molecule has 2 aromatic rings. The first-order valence-electron chi connectivity index (χ1n) is 10.5. The van der Waals surface area contributed by atoms with E-state index in [-0.39, 0.29) is 17.2 Å². The van der Waals surface area contributed by atoms with Gasteiger partial charge in [-0.05, 0) is 36.4 Å². The molecule has 3 rings (SSSR count). The summed E-state index contributed by atoms with van der Waals surface area (Å²) in [7, 11) is 0. The third kappa shape index (κ3) is 6.58. The number of ketones is 1. The molecule has 4 atom stereocenters. The Morgan fingerprint density at radius 2 is 1.57 bits per heavy atom. The minimum atomic E-state index is -1.14. The highest BCUT2D eigenvalue weighted by atomic mass is 32.2. The number of esters is 3. The predicted molar refractivity (Wildman–Crippen MR) is 122 cm³/mol. The van der Waals surface area contributed by atoms with Crippen LogP contribution in [0.2, 0.25) is 0 Å². The van der Waals surface area contributed by atoms with Crippen molar-refractivity contribution in [2.75, 3.05) is 5.75 Å². The number of ether oxygens (including phenoxy) is 4. The summed E-state index contributed by atoms with van der Waals surface area (Å²) in [5.74, 6) is -2.05. The fourth-order valence-corrected chi connectivity index (χ4v) is 4.63. The topological polar surface area (TPSA) is 142 Å². The van der Waals surface area contributed by atoms with Crippen molar-refractivity contribution in [3.63, 3.8) is 0 Å². The van der Waals surface area contributed by atoms with Gasteiger partial charge in [0.15, 0.2) is 35.2 Å². The van der Waals surface area contributed by atoms with Gasteiger partial charge in [-0.25, -0.2) is 4.98 Å². The van der Waals surface area contributed by atoms with Gasteiger partial charge in [-0.1, -0.05) is 0 Å². The Morgan fingerprint density at radius 3 is 2.17 bits per heavy atom. The molecular formula is C24H22N2O8S. The summed E-state index contributed by atoms with van der Waals surface area (Å²) in [6.07, 6.45) is -1.71. The van der Waals surface area contributed by atoms with Crippen molar-refractivity contribution < 1.29 is 38.1 Å². The van der Waals surface area contributed by atoms with E-state index < -0.39 is 47.4 Å². The number of thioether (sulfide) groups is 1. The van der Waals surface area contributed by atoms with Crippen LogP contribution in [-0.2, 0) is 28.6 Å². The molecule has 0 bridgehead atoms. The predicted octanol–water partition coefficient (Wildman–Crippen LogP) is 2.43. The summed E-state index contributed by atoms with van der Waals surface area (Å²) >= 11 is 1.17. The molecule has 10 nitrogen and oxygen atoms in total. The smallest absolute Gasteiger partial charge is 0.303 e. The summed E-state index contributed by atoms with van der Waals surface area (Å²) in [6.45, 7) is 3.59. The van der Waals surface area contributed by atoms with Gasteiger partial charge >= 0.3 is 17.9 Å². The zero-order valence-electron chi connectivity index (χ0n) is 19.1. The molecule has 0 amide bonds. The molecule has 1 aromatic heterocycles. The van der Waals surface area contributed by atoms with E-state index >= 15 is 0 Å². The molecule has 0 spiro atoms. The monoisotopic (exact) mass is 498 g/mol. The second-order valence-corrected chi connectivity index (χ2v) is 8.62. The third-order valence-electron chi connectivity index (χ3n) is 4.81. The first kappa shape index (κ1) is 25.7. The molecule has 1 saturated heterocycles. The number of carbonyl (C=O) groups is 4. The molecule has 0 aliphatic carbocycles. The minimum absolute atomic E-state index is 0.00512. The number of aromatic nitrogens is 1. The Kier molecular flexibility index (Phi) is 8.43. The van der Waals surface area contributed by atoms with E-state index in [2.05, 4.69) is 4.98 Å². The Bertz CT molecular complexity index is 1160. The van der Waals surface area contributed by atoms with Crippen molar-refractivity contribution in [2.24, 2.45) is 0 Å². The van der Waals surface area contributed by atoms with Crippen LogP contribution in [-0.4, -0.2) is 58.2 Å². The lowest BCUT2D eigenvalue weighted by Crippen LogP contribution is -2.55. The van der Waals surface area contributed by atoms with E-state index in [0.29, 0.717) is 11.1 Å². The maximum atomic E-state index is 13.1. The van der Waals surface area contributed by atoms with Crippen molar-refractivity contribution in [3.8, 4) is 11.8 Å². The minimum Gasteiger partial charge on any atom is -0.473 e. The highest BCUT2D eigenvalue weighted by molar-refractivity contribution is 7.99. The van der Waals surface area contributed by atoms with Crippen LogP contribution in [0.5, 0.6) is 5.75 Å². The van der Waals surface area contributed by atoms with Crippen molar-refractivity contribution in [1.29, 1.82) is 5.26 Å². The zero-order chi connectivity index (χ0) is 25.5. The molecule has 0 saturated carbocycles. The molecule has 1 aromatic carbocycles. The van der Waals surface area contributed by atoms with Crippen LogP contribution >= 0.6 is 11.8 Å². The van der Waals surface area contributed by atoms with Crippen molar-refractivity contribution >= 4 is 35.5 Å². The van der Waals surface area contributed by atoms with Gasteiger partial charge in [0.2, 0.25) is 5.78 Å². The largest absolute Gasteiger partial charge is 0.473 e. The first-order chi connectivity index (χ1) is 16.7. The molecule has 1 aliphatic heterocycles. The second-order valence-electron chi connectivity index (χ2n) is 7.48. The Hall–Kier alpha value is -3.91. The number of nitriles is 1. The van der Waals surface area contributed by atoms with Crippen LogP contribution in [0.3, 0.4) is 0 Å². The van der Waals surface area contributed by atoms with Crippen LogP contribution in [0.1, 0.15) is 42.4 Å². The van der Waals surface area contributed by atoms with Gasteiger partial charge in [-0.3, -0.25) is 19.2 Å². The number of hydrogen-bond donors (Lipinski definition) is 0. The summed E-state index contributed by atoms with van der Waals surface area (Å²) in [4.78, 5) is 52.4. The number of pyridine rings is 1. The van der Waals surface area contributed by atoms with E-state index in [0.717, 1.165) is 0 Å². The normalized spacial score (nSPS) is 21.2. The van der Waals surface area contributed by atoms with E-state index in [1.54, 1.807) is 6.07 Å². The number of benzene rings is 1. The lowest BCUT2D eigenvalue weighted by molar-refractivity contribution is -0.186. The van der Waals surface area contributed by atoms with Gasteiger partial charge < -0.3 is 18.9 Å². The number of nitrogens with zero attached hydrogens (tertiary/aromatic N) is 2. The highest BCUT2D eigenvalue weighted by Crippen LogP contribution is 2.35. The van der Waals surface area contributed by atoms with Crippen molar-refractivity contribution in [1.82, 2.24) is 4.98 Å². The molecular weight excluding hydrogens is 476 g/mol. The van der Waals surface area contributed by atoms with Gasteiger partial charge in [-0.2, -0.15) is 5.26 Å². The lowest BCUT2D eigenvalue weighted by atomic mass is 10.1. The average Bonchev–Trinajstić information content (AvgIpc) is 2.82. The first-order valence-corrected chi connectivity index (χ1v) is 11.5. The van der Waals surface area contributed by atoms with Gasteiger partial charge in [0, 0.05) is 38.3 Å². The van der Waals surface area contributed by atoms with E-state index in [1.165, 1.54) is 69.1 Å². The molecule has 0 radical (unpaired) electrons. The number of rotatable bonds is 7. The van der Waals surface area contributed by atoms with Crippen LogP contribution in [0.15, 0.2) is 42.6 Å². The zero-order valence-corrected chi connectivity index (χ0v) is 19.9. The van der Waals surface area contributed by atoms with Crippen LogP contribution in [0, 0.1) is 11.3 Å². The lowest BCUT2D eigenvalue weighted by Gasteiger charge is -2.40. The summed E-state index contributed by atoms with van der Waals surface area (Å²) in [6, 6.07) is 11.2. The fourth-order valence-electron chi connectivity index (χ4n) is 3.42. The van der Waals surface area contributed by atoms with Crippen molar-refractivity contribution in [2.45, 2.75) is 44.5 Å². The van der Waals surface area contributed by atoms with Crippen LogP contribution in [0.4, 0.5) is 0 Å². The number of hydrogen-bond acceptors (Lipinski definition) is 11. The molecule has 182 valence electrons. The summed E-state index contributed by atoms with van der Waals surface area (Å²) in [5.41, 5.74) is -0.203. The van der Waals surface area contributed by atoms with Crippen LogP contribution < -0.4 is 4.74 Å². The van der Waals surface area contributed by atoms with Gasteiger partial charge in [-0.15, -0.1) is 11.8 Å². The molecule has 35 heavy (non-hydrogen) atoms. The van der Waals surface area contributed by atoms with Crippen LogP contribution in [0.25, 0.3) is 0 Å². The Labute approximate surface area is 205 Å². The van der Waals surface area contributed by atoms with Crippen molar-refractivity contribution in [3.05, 3.63) is 59.4 Å². The quantitative estimate of drug-likeness (QED) is 0.315. The van der Waals surface area contributed by atoms with E-state index in [4.69, 9.17) is 24.2 Å². The molecule has 1 unspecified atom stereocenters. The Morgan fingerprint density at radius 1 is 0.943 bits per heavy atom. The molecule has 1 fully saturated rings. The maximum absolute atomic E-state index is 13.1. The SMILES string of the molecule is CC(=O)O[C@H]1[C@H](OC(C)=O)CSC(Oc2cccnc2C(=O)c2ccc(C#N)cc2)[C@@H]1OC(C)=O. The van der Waals surface area contributed by atoms with Gasteiger partial charge in [0.25, 0.3) is 0 Å². The molecule has 1 aliphatic rings. The van der Waals surface area contributed by atoms with E-state index in [9.17, 15) is 19.2 Å². The fraction of sp³-hybridized carbons (Fsp3) is 0.333. The summed E-state index contributed by atoms with van der Waals surface area (Å²) < 4.78 is 22.1. The molecule has 0 N–H and O–H groups in total. The summed E-state index contributed by atoms with van der Waals surface area (Å²) in [5, 5.41) is 8.98. The van der Waals surface area contributed by atoms with E-state index in [1.807, 2.05) is 6.07 Å². The maximum Gasteiger partial charge on any atom is 0.303 e.